The van der Waals surface area contributed by atoms with E-state index in [1.54, 1.807) is 23.1 Å². The number of nitrogens with one attached hydrogen (secondary N) is 4. The van der Waals surface area contributed by atoms with Crippen LogP contribution in [0.4, 0.5) is 0 Å². The number of rotatable bonds is 17. The van der Waals surface area contributed by atoms with Gasteiger partial charge < -0.3 is 41.4 Å². The van der Waals surface area contributed by atoms with Crippen LogP contribution in [0.25, 0.3) is 10.9 Å². The average molecular weight is 1040 g/mol. The molecule has 6 N–H and O–H groups in total. The van der Waals surface area contributed by atoms with Gasteiger partial charge in [-0.25, -0.2) is 0 Å². The Bertz CT molecular complexity index is 3080. The Labute approximate surface area is 446 Å². The molecule has 4 aliphatic heterocycles. The number of piperidine rings is 1. The van der Waals surface area contributed by atoms with Crippen molar-refractivity contribution in [3.8, 4) is 11.8 Å². The molecule has 18 nitrogen and oxygen atoms in total. The van der Waals surface area contributed by atoms with Gasteiger partial charge in [-0.2, -0.15) is 0 Å². The van der Waals surface area contributed by atoms with Gasteiger partial charge in [0, 0.05) is 80.4 Å². The Balaban J connectivity index is 0.850. The van der Waals surface area contributed by atoms with Crippen LogP contribution in [0.15, 0.2) is 109 Å². The summed E-state index contributed by atoms with van der Waals surface area (Å²) in [5.41, 5.74) is 10.1. The SMILES string of the molecule is CN1C(=O)CCC(N2Cc3c(C#CCCCCCC(=O)N4CC[C@H]5CC[C@@H](C(=O)N[C@@H](CCC(N)=O)C(=O)NC(c6ccccc6)c6ccccc6)N5C(=O)[C@@H](NC(=O)c5cc6ccccc6[nH]5)C4)cccc3C2=O)C1=O. The topological polar surface area (TPSA) is 244 Å². The maximum atomic E-state index is 14.9. The molecule has 3 fully saturated rings. The minimum absolute atomic E-state index is 0.0892. The number of unbranched alkanes of at least 4 members (excludes halogenated alkanes) is 3. The highest BCUT2D eigenvalue weighted by atomic mass is 16.2. The number of hydrogen-bond donors (Lipinski definition) is 5. The third-order valence-corrected chi connectivity index (χ3v) is 15.2. The first-order valence-corrected chi connectivity index (χ1v) is 26.4. The van der Waals surface area contributed by atoms with Crippen molar-refractivity contribution in [2.45, 2.75) is 120 Å². The zero-order valence-electron chi connectivity index (χ0n) is 43.0. The molecule has 9 amide bonds. The lowest BCUT2D eigenvalue weighted by Crippen LogP contribution is -2.62. The molecule has 398 valence electrons. The smallest absolute Gasteiger partial charge is 0.268 e. The standard InChI is InChI=1S/C59H63N9O9/c1-65-51(70)31-29-49(59(65)77)67-35-43-37(22-15-23-42(43)57(67)75)16-7-3-2-4-12-25-52(71)66-33-32-41-26-28-48(68(41)58(76)47(36-66)63-55(73)46-34-40-21-13-14-24-44(40)61-46)56(74)62-45(27-30-50(60)69)54(72)64-53(38-17-8-5-9-18-38)39-19-10-6-11-20-39/h5-6,8-11,13-15,17-24,34,41,45,47-49,53,61H,2-4,12,25-33,35-36H2,1H3,(H2,60,69)(H,62,74)(H,63,73)(H,64,72)/t41-,45+,47+,48+,49?/m1/s1. The molecule has 4 aromatic carbocycles. The molecule has 0 aliphatic carbocycles. The second-order valence-corrected chi connectivity index (χ2v) is 20.2. The number of aromatic nitrogens is 1. The summed E-state index contributed by atoms with van der Waals surface area (Å²) in [7, 11) is 1.44. The number of likely N-dealkylation sites (N-methyl/N-ethyl adjacent to an activating group) is 1. The van der Waals surface area contributed by atoms with Gasteiger partial charge in [-0.3, -0.25) is 48.1 Å². The predicted molar refractivity (Wildman–Crippen MR) is 285 cm³/mol. The lowest BCUT2D eigenvalue weighted by atomic mass is 9.98. The number of nitrogens with zero attached hydrogens (tertiary/aromatic N) is 4. The fraction of sp³-hybridized carbons (Fsp3) is 0.373. The predicted octanol–water partition coefficient (Wildman–Crippen LogP) is 4.62. The first-order chi connectivity index (χ1) is 37.2. The lowest BCUT2D eigenvalue weighted by molar-refractivity contribution is -0.150. The number of para-hydroxylation sites is 1. The van der Waals surface area contributed by atoms with E-state index < -0.39 is 65.8 Å². The molecular weight excluding hydrogens is 979 g/mol. The monoisotopic (exact) mass is 1040 g/mol. The Morgan fingerprint density at radius 3 is 2.23 bits per heavy atom. The second-order valence-electron chi connectivity index (χ2n) is 20.2. The van der Waals surface area contributed by atoms with Crippen LogP contribution in [0.1, 0.15) is 126 Å². The molecule has 0 bridgehead atoms. The van der Waals surface area contributed by atoms with Crippen LogP contribution in [0.5, 0.6) is 0 Å². The molecule has 0 radical (unpaired) electrons. The van der Waals surface area contributed by atoms with E-state index in [1.165, 1.54) is 16.8 Å². The van der Waals surface area contributed by atoms with Gasteiger partial charge in [0.1, 0.15) is 29.9 Å². The van der Waals surface area contributed by atoms with Crippen LogP contribution >= 0.6 is 0 Å². The summed E-state index contributed by atoms with van der Waals surface area (Å²) in [6, 6.07) is 27.9. The van der Waals surface area contributed by atoms with Crippen molar-refractivity contribution >= 4 is 64.1 Å². The second kappa shape index (κ2) is 24.0. The molecule has 9 rings (SSSR count). The van der Waals surface area contributed by atoms with Gasteiger partial charge in [0.05, 0.1) is 6.04 Å². The molecule has 0 saturated carbocycles. The van der Waals surface area contributed by atoms with E-state index >= 15 is 0 Å². The van der Waals surface area contributed by atoms with Crippen molar-refractivity contribution in [2.75, 3.05) is 20.1 Å². The van der Waals surface area contributed by atoms with Crippen molar-refractivity contribution in [1.29, 1.82) is 0 Å². The highest BCUT2D eigenvalue weighted by Gasteiger charge is 2.47. The molecule has 18 heteroatoms. The molecule has 5 heterocycles. The number of fused-ring (bicyclic) bond motifs is 3. The number of H-pyrrole nitrogens is 1. The van der Waals surface area contributed by atoms with Crippen molar-refractivity contribution < 1.29 is 43.2 Å². The molecule has 0 spiro atoms. The van der Waals surface area contributed by atoms with Crippen LogP contribution in [0.2, 0.25) is 0 Å². The Morgan fingerprint density at radius 2 is 1.51 bits per heavy atom. The summed E-state index contributed by atoms with van der Waals surface area (Å²) in [6.45, 7) is 0.360. The fourth-order valence-corrected chi connectivity index (χ4v) is 11.0. The normalized spacial score (nSPS) is 19.7. The zero-order valence-corrected chi connectivity index (χ0v) is 43.0. The molecule has 3 saturated heterocycles. The minimum Gasteiger partial charge on any atom is -0.370 e. The molecule has 4 aliphatic rings. The molecule has 5 atom stereocenters. The van der Waals surface area contributed by atoms with E-state index in [0.717, 1.165) is 32.5 Å². The summed E-state index contributed by atoms with van der Waals surface area (Å²) in [5, 5.41) is 9.62. The van der Waals surface area contributed by atoms with Crippen molar-refractivity contribution in [3.05, 3.63) is 143 Å². The van der Waals surface area contributed by atoms with E-state index in [0.29, 0.717) is 49.7 Å². The number of hydrogen-bond acceptors (Lipinski definition) is 9. The van der Waals surface area contributed by atoms with Gasteiger partial charge >= 0.3 is 0 Å². The van der Waals surface area contributed by atoms with E-state index in [4.69, 9.17) is 5.73 Å². The Morgan fingerprint density at radius 1 is 0.779 bits per heavy atom. The zero-order chi connectivity index (χ0) is 54.2. The number of amides is 9. The van der Waals surface area contributed by atoms with Gasteiger partial charge in [0.25, 0.3) is 17.7 Å². The highest BCUT2D eigenvalue weighted by Crippen LogP contribution is 2.33. The minimum atomic E-state index is -1.23. The number of carbonyl (C=O) groups is 9. The largest absolute Gasteiger partial charge is 0.370 e. The number of likely N-dealkylation sites (tertiary alicyclic amines) is 1. The van der Waals surface area contributed by atoms with Crippen LogP contribution in [-0.4, -0.2) is 128 Å². The third kappa shape index (κ3) is 12.1. The number of aromatic amines is 1. The number of benzene rings is 4. The summed E-state index contributed by atoms with van der Waals surface area (Å²) in [4.78, 5) is 131. The van der Waals surface area contributed by atoms with Crippen LogP contribution in [-0.2, 0) is 40.1 Å². The first-order valence-electron chi connectivity index (χ1n) is 26.4. The van der Waals surface area contributed by atoms with Gasteiger partial charge in [0.2, 0.25) is 35.4 Å². The average Bonchev–Trinajstić information content (AvgIpc) is 4.18. The number of carbonyl (C=O) groups excluding carboxylic acids is 9. The maximum absolute atomic E-state index is 14.9. The van der Waals surface area contributed by atoms with Gasteiger partial charge in [-0.05, 0) is 85.9 Å². The summed E-state index contributed by atoms with van der Waals surface area (Å²) in [6.07, 6.45) is 3.92. The summed E-state index contributed by atoms with van der Waals surface area (Å²) in [5.74, 6) is 2.47. The first kappa shape index (κ1) is 53.2. The lowest BCUT2D eigenvalue weighted by Gasteiger charge is -2.39. The van der Waals surface area contributed by atoms with Gasteiger partial charge in [-0.15, -0.1) is 0 Å². The van der Waals surface area contributed by atoms with Crippen molar-refractivity contribution in [1.82, 2.24) is 40.5 Å². The van der Waals surface area contributed by atoms with Crippen LogP contribution in [0, 0.1) is 11.8 Å². The molecule has 5 aromatic rings. The summed E-state index contributed by atoms with van der Waals surface area (Å²) >= 11 is 0. The van der Waals surface area contributed by atoms with E-state index in [9.17, 15) is 43.2 Å². The third-order valence-electron chi connectivity index (χ3n) is 15.2. The number of imide groups is 1. The Kier molecular flexibility index (Phi) is 16.6. The molecule has 1 unspecified atom stereocenters. The molecular formula is C59H63N9O9. The quantitative estimate of drug-likeness (QED) is 0.0495. The van der Waals surface area contributed by atoms with E-state index in [2.05, 4.69) is 32.8 Å². The van der Waals surface area contributed by atoms with Crippen molar-refractivity contribution in [3.63, 3.8) is 0 Å². The fourth-order valence-electron chi connectivity index (χ4n) is 11.0. The maximum Gasteiger partial charge on any atom is 0.268 e. The van der Waals surface area contributed by atoms with E-state index in [1.807, 2.05) is 91.0 Å². The van der Waals surface area contributed by atoms with Crippen LogP contribution < -0.4 is 21.7 Å². The van der Waals surface area contributed by atoms with Gasteiger partial charge in [-0.1, -0.05) is 103 Å². The molecule has 1 aromatic heterocycles. The summed E-state index contributed by atoms with van der Waals surface area (Å²) < 4.78 is 0. The van der Waals surface area contributed by atoms with E-state index in [-0.39, 0.29) is 87.5 Å². The Hall–Kier alpha value is -8.59. The number of primary amides is 1. The molecule has 77 heavy (non-hydrogen) atoms. The van der Waals surface area contributed by atoms with Crippen molar-refractivity contribution in [2.24, 2.45) is 5.73 Å². The van der Waals surface area contributed by atoms with Crippen LogP contribution in [0.3, 0.4) is 0 Å². The van der Waals surface area contributed by atoms with Gasteiger partial charge in [0.15, 0.2) is 0 Å². The number of nitrogens with two attached hydrogens (primary N) is 1. The highest BCUT2D eigenvalue weighted by molar-refractivity contribution is 6.06.